The van der Waals surface area contributed by atoms with E-state index in [9.17, 15) is 0 Å². The maximum Gasteiger partial charge on any atom is 0.0743 e. The molecule has 0 aromatic carbocycles. The van der Waals surface area contributed by atoms with Crippen LogP contribution in [0.2, 0.25) is 0 Å². The number of rotatable bonds is 3. The molecule has 6 heteroatoms. The highest BCUT2D eigenvalue weighted by Gasteiger charge is 2.20. The van der Waals surface area contributed by atoms with E-state index in [0.717, 1.165) is 19.5 Å². The zero-order valence-corrected chi connectivity index (χ0v) is 13.5. The van der Waals surface area contributed by atoms with Crippen LogP contribution in [0.15, 0.2) is 25.9 Å². The molecule has 2 N–H and O–H groups in total. The lowest BCUT2D eigenvalue weighted by Gasteiger charge is -2.16. The highest BCUT2D eigenvalue weighted by molar-refractivity contribution is 9.11. The Kier molecular flexibility index (Phi) is 4.07. The Morgan fingerprint density at radius 1 is 1.41 bits per heavy atom. The third kappa shape index (κ3) is 2.65. The monoisotopic (exact) mass is 377 g/mol. The van der Waals surface area contributed by atoms with Crippen LogP contribution >= 0.6 is 43.2 Å². The molecule has 2 aromatic rings. The zero-order valence-electron chi connectivity index (χ0n) is 9.52. The summed E-state index contributed by atoms with van der Waals surface area (Å²) in [5.74, 6) is 0. The molecule has 92 valence electrons. The Hall–Kier alpha value is -0.170. The minimum absolute atomic E-state index is 0.156. The number of halogens is 2. The molecule has 0 amide bonds. The van der Waals surface area contributed by atoms with Gasteiger partial charge in [-0.2, -0.15) is 5.10 Å². The van der Waals surface area contributed by atoms with Gasteiger partial charge in [0.25, 0.3) is 0 Å². The first kappa shape index (κ1) is 13.3. The van der Waals surface area contributed by atoms with Gasteiger partial charge < -0.3 is 5.73 Å². The molecule has 0 aliphatic carbocycles. The first-order chi connectivity index (χ1) is 8.00. The van der Waals surface area contributed by atoms with Crippen molar-refractivity contribution in [2.75, 3.05) is 0 Å². The summed E-state index contributed by atoms with van der Waals surface area (Å²) >= 11 is 8.62. The van der Waals surface area contributed by atoms with Gasteiger partial charge in [-0.05, 0) is 62.7 Å². The Balaban J connectivity index is 2.43. The fraction of sp³-hybridized carbons (Fsp3) is 0.364. The third-order valence-electron chi connectivity index (χ3n) is 2.52. The minimum atomic E-state index is -0.156. The van der Waals surface area contributed by atoms with Crippen LogP contribution in [-0.4, -0.2) is 9.78 Å². The van der Waals surface area contributed by atoms with E-state index in [2.05, 4.69) is 62.3 Å². The standard InChI is InChI=1S/C11H13Br2N3S/c1-6(2)16-11(8(12)4-15-16)10(14)7-3-9(13)17-5-7/h3-6,10H,14H2,1-2H3. The molecular weight excluding hydrogens is 366 g/mol. The summed E-state index contributed by atoms with van der Waals surface area (Å²) in [5.41, 5.74) is 8.43. The third-order valence-corrected chi connectivity index (χ3v) is 4.65. The molecule has 0 aliphatic heterocycles. The molecule has 2 rings (SSSR count). The van der Waals surface area contributed by atoms with Gasteiger partial charge in [-0.3, -0.25) is 4.68 Å². The van der Waals surface area contributed by atoms with E-state index in [1.807, 2.05) is 4.68 Å². The molecule has 2 aromatic heterocycles. The lowest BCUT2D eigenvalue weighted by Crippen LogP contribution is -2.18. The second kappa shape index (κ2) is 5.22. The normalized spacial score (nSPS) is 13.3. The Morgan fingerprint density at radius 2 is 2.12 bits per heavy atom. The van der Waals surface area contributed by atoms with Crippen LogP contribution in [0.1, 0.15) is 37.2 Å². The van der Waals surface area contributed by atoms with Crippen molar-refractivity contribution < 1.29 is 0 Å². The molecule has 1 unspecified atom stereocenters. The first-order valence-corrected chi connectivity index (χ1v) is 7.69. The van der Waals surface area contributed by atoms with Crippen molar-refractivity contribution >= 4 is 43.2 Å². The van der Waals surface area contributed by atoms with Crippen molar-refractivity contribution in [2.45, 2.75) is 25.9 Å². The minimum Gasteiger partial charge on any atom is -0.319 e. The van der Waals surface area contributed by atoms with Crippen LogP contribution in [0.3, 0.4) is 0 Å². The smallest absolute Gasteiger partial charge is 0.0743 e. The largest absolute Gasteiger partial charge is 0.319 e. The van der Waals surface area contributed by atoms with Gasteiger partial charge in [0, 0.05) is 6.04 Å². The average molecular weight is 379 g/mol. The number of nitrogens with two attached hydrogens (primary N) is 1. The second-order valence-corrected chi connectivity index (χ2v) is 7.22. The van der Waals surface area contributed by atoms with Gasteiger partial charge in [0.15, 0.2) is 0 Å². The summed E-state index contributed by atoms with van der Waals surface area (Å²) in [7, 11) is 0. The zero-order chi connectivity index (χ0) is 12.6. The Bertz CT molecular complexity index is 519. The van der Waals surface area contributed by atoms with Crippen molar-refractivity contribution in [1.29, 1.82) is 0 Å². The molecule has 2 heterocycles. The Morgan fingerprint density at radius 3 is 2.65 bits per heavy atom. The SMILES string of the molecule is CC(C)n1ncc(Br)c1C(N)c1csc(Br)c1. The predicted molar refractivity (Wildman–Crippen MR) is 78.4 cm³/mol. The number of hydrogen-bond donors (Lipinski definition) is 1. The van der Waals surface area contributed by atoms with Crippen molar-refractivity contribution in [3.8, 4) is 0 Å². The summed E-state index contributed by atoms with van der Waals surface area (Å²) in [6.07, 6.45) is 1.80. The van der Waals surface area contributed by atoms with Crippen LogP contribution in [0.4, 0.5) is 0 Å². The van der Waals surface area contributed by atoms with Crippen LogP contribution in [-0.2, 0) is 0 Å². The Labute approximate surface area is 121 Å². The fourth-order valence-corrected chi connectivity index (χ4v) is 3.43. The first-order valence-electron chi connectivity index (χ1n) is 5.23. The molecule has 0 bridgehead atoms. The number of hydrogen-bond acceptors (Lipinski definition) is 3. The highest BCUT2D eigenvalue weighted by atomic mass is 79.9. The molecule has 17 heavy (non-hydrogen) atoms. The number of aromatic nitrogens is 2. The summed E-state index contributed by atoms with van der Waals surface area (Å²) in [5, 5.41) is 6.42. The van der Waals surface area contributed by atoms with E-state index in [0.29, 0.717) is 6.04 Å². The highest BCUT2D eigenvalue weighted by Crippen LogP contribution is 2.32. The van der Waals surface area contributed by atoms with Crippen LogP contribution in [0.25, 0.3) is 0 Å². The quantitative estimate of drug-likeness (QED) is 0.873. The predicted octanol–water partition coefficient (Wildman–Crippen LogP) is 4.10. The summed E-state index contributed by atoms with van der Waals surface area (Å²) in [6.45, 7) is 4.19. The van der Waals surface area contributed by atoms with E-state index in [1.165, 1.54) is 0 Å². The average Bonchev–Trinajstić information content (AvgIpc) is 2.83. The van der Waals surface area contributed by atoms with Crippen LogP contribution in [0, 0.1) is 0 Å². The lowest BCUT2D eigenvalue weighted by molar-refractivity contribution is 0.498. The van der Waals surface area contributed by atoms with E-state index in [-0.39, 0.29) is 6.04 Å². The second-order valence-electron chi connectivity index (χ2n) is 4.08. The van der Waals surface area contributed by atoms with Crippen LogP contribution in [0.5, 0.6) is 0 Å². The molecule has 0 radical (unpaired) electrons. The van der Waals surface area contributed by atoms with Gasteiger partial charge >= 0.3 is 0 Å². The van der Waals surface area contributed by atoms with Crippen molar-refractivity contribution in [3.05, 3.63) is 37.2 Å². The lowest BCUT2D eigenvalue weighted by atomic mass is 10.1. The summed E-state index contributed by atoms with van der Waals surface area (Å²) < 4.78 is 4.01. The molecule has 1 atom stereocenters. The van der Waals surface area contributed by atoms with E-state index < -0.39 is 0 Å². The molecule has 0 fully saturated rings. The topological polar surface area (TPSA) is 43.8 Å². The molecule has 0 saturated carbocycles. The van der Waals surface area contributed by atoms with Crippen LogP contribution < -0.4 is 5.73 Å². The summed E-state index contributed by atoms with van der Waals surface area (Å²) in [4.78, 5) is 0. The fourth-order valence-electron chi connectivity index (χ4n) is 1.70. The molecule has 0 aliphatic rings. The van der Waals surface area contributed by atoms with E-state index in [4.69, 9.17) is 5.73 Å². The van der Waals surface area contributed by atoms with Gasteiger partial charge in [0.1, 0.15) is 0 Å². The van der Waals surface area contributed by atoms with Gasteiger partial charge in [-0.1, -0.05) is 0 Å². The van der Waals surface area contributed by atoms with E-state index in [1.54, 1.807) is 17.5 Å². The molecular formula is C11H13Br2N3S. The van der Waals surface area contributed by atoms with Gasteiger partial charge in [-0.25, -0.2) is 0 Å². The van der Waals surface area contributed by atoms with E-state index >= 15 is 0 Å². The number of thiophene rings is 1. The van der Waals surface area contributed by atoms with Crippen molar-refractivity contribution in [2.24, 2.45) is 5.73 Å². The maximum atomic E-state index is 6.31. The van der Waals surface area contributed by atoms with Gasteiger partial charge in [-0.15, -0.1) is 11.3 Å². The molecule has 0 spiro atoms. The maximum absolute atomic E-state index is 6.31. The van der Waals surface area contributed by atoms with Gasteiger partial charge in [0.2, 0.25) is 0 Å². The molecule has 3 nitrogen and oxygen atoms in total. The van der Waals surface area contributed by atoms with Crippen molar-refractivity contribution in [3.63, 3.8) is 0 Å². The van der Waals surface area contributed by atoms with Crippen molar-refractivity contribution in [1.82, 2.24) is 9.78 Å². The number of nitrogens with zero attached hydrogens (tertiary/aromatic N) is 2. The van der Waals surface area contributed by atoms with Gasteiger partial charge in [0.05, 0.1) is 26.2 Å². The summed E-state index contributed by atoms with van der Waals surface area (Å²) in [6, 6.07) is 2.20. The molecule has 0 saturated heterocycles.